The van der Waals surface area contributed by atoms with Gasteiger partial charge < -0.3 is 16.0 Å². The Balaban J connectivity index is 0.00000450. The van der Waals surface area contributed by atoms with E-state index in [2.05, 4.69) is 20.9 Å². The maximum absolute atomic E-state index is 13.3. The molecule has 0 aliphatic carbocycles. The molecule has 0 spiro atoms. The van der Waals surface area contributed by atoms with E-state index in [9.17, 15) is 9.18 Å². The molecule has 0 saturated carbocycles. The molecule has 2 rings (SSSR count). The Hall–Kier alpha value is -1.87. The molecule has 0 aliphatic heterocycles. The molecule has 0 bridgehead atoms. The standard InChI is InChI=1S/C22H28ClFN4O.HI/c1-22(2,18-9-8-17(24)13-19(18)23)14-28-21(26-4)27-11-10-15-6-5-7-16(12-15)20(29)25-3;/h5-9,12-13H,10-11,14H2,1-4H3,(H,25,29)(H2,26,27,28);1H. The Labute approximate surface area is 199 Å². The number of carbonyl (C=O) groups is 1. The number of rotatable bonds is 7. The number of hydrogen-bond acceptors (Lipinski definition) is 2. The van der Waals surface area contributed by atoms with Gasteiger partial charge in [-0.05, 0) is 41.8 Å². The van der Waals surface area contributed by atoms with Crippen molar-refractivity contribution in [1.82, 2.24) is 16.0 Å². The molecule has 5 nitrogen and oxygen atoms in total. The topological polar surface area (TPSA) is 65.5 Å². The highest BCUT2D eigenvalue weighted by atomic mass is 127. The lowest BCUT2D eigenvalue weighted by molar-refractivity contribution is 0.0963. The summed E-state index contributed by atoms with van der Waals surface area (Å²) in [5, 5.41) is 9.61. The van der Waals surface area contributed by atoms with Crippen LogP contribution in [0, 0.1) is 5.82 Å². The Morgan fingerprint density at radius 2 is 1.90 bits per heavy atom. The van der Waals surface area contributed by atoms with Crippen molar-refractivity contribution in [1.29, 1.82) is 0 Å². The van der Waals surface area contributed by atoms with Crippen molar-refractivity contribution >= 4 is 47.4 Å². The van der Waals surface area contributed by atoms with Gasteiger partial charge in [-0.3, -0.25) is 9.79 Å². The first-order valence-corrected chi connectivity index (χ1v) is 9.85. The maximum atomic E-state index is 13.3. The van der Waals surface area contributed by atoms with Crippen molar-refractivity contribution in [3.8, 4) is 0 Å². The van der Waals surface area contributed by atoms with Crippen LogP contribution in [0.3, 0.4) is 0 Å². The number of amides is 1. The first kappa shape index (κ1) is 26.2. The Kier molecular flexibility index (Phi) is 10.6. The fraction of sp³-hybridized carbons (Fsp3) is 0.364. The van der Waals surface area contributed by atoms with E-state index in [-0.39, 0.29) is 41.1 Å². The van der Waals surface area contributed by atoms with Gasteiger partial charge in [0, 0.05) is 43.2 Å². The second-order valence-corrected chi connectivity index (χ2v) is 7.80. The number of halogens is 3. The van der Waals surface area contributed by atoms with Crippen molar-refractivity contribution in [2.75, 3.05) is 27.2 Å². The zero-order valence-electron chi connectivity index (χ0n) is 17.7. The lowest BCUT2D eigenvalue weighted by Gasteiger charge is -2.27. The first-order valence-electron chi connectivity index (χ1n) is 9.48. The van der Waals surface area contributed by atoms with Gasteiger partial charge in [-0.15, -0.1) is 24.0 Å². The van der Waals surface area contributed by atoms with Crippen molar-refractivity contribution in [3.63, 3.8) is 0 Å². The fourth-order valence-corrected chi connectivity index (χ4v) is 3.42. The smallest absolute Gasteiger partial charge is 0.251 e. The largest absolute Gasteiger partial charge is 0.356 e. The van der Waals surface area contributed by atoms with E-state index in [0.717, 1.165) is 17.5 Å². The van der Waals surface area contributed by atoms with E-state index in [1.807, 2.05) is 32.0 Å². The molecule has 2 aromatic carbocycles. The maximum Gasteiger partial charge on any atom is 0.251 e. The lowest BCUT2D eigenvalue weighted by atomic mass is 9.84. The molecule has 0 aromatic heterocycles. The summed E-state index contributed by atoms with van der Waals surface area (Å²) in [6, 6.07) is 12.0. The van der Waals surface area contributed by atoms with Crippen LogP contribution in [0.2, 0.25) is 5.02 Å². The summed E-state index contributed by atoms with van der Waals surface area (Å²) >= 11 is 6.22. The molecule has 2 aromatic rings. The number of nitrogens with zero attached hydrogens (tertiary/aromatic N) is 1. The highest BCUT2D eigenvalue weighted by Gasteiger charge is 2.24. The minimum Gasteiger partial charge on any atom is -0.356 e. The van der Waals surface area contributed by atoms with Crippen LogP contribution in [-0.4, -0.2) is 39.1 Å². The number of hydrogen-bond donors (Lipinski definition) is 3. The third-order valence-electron chi connectivity index (χ3n) is 4.70. The fourth-order valence-electron chi connectivity index (χ4n) is 3.00. The van der Waals surface area contributed by atoms with Crippen molar-refractivity contribution in [3.05, 3.63) is 70.0 Å². The number of nitrogens with one attached hydrogen (secondary N) is 3. The van der Waals surface area contributed by atoms with Gasteiger partial charge >= 0.3 is 0 Å². The molecule has 0 fully saturated rings. The van der Waals surface area contributed by atoms with E-state index in [1.54, 1.807) is 26.2 Å². The van der Waals surface area contributed by atoms with E-state index >= 15 is 0 Å². The summed E-state index contributed by atoms with van der Waals surface area (Å²) in [4.78, 5) is 16.0. The van der Waals surface area contributed by atoms with Gasteiger partial charge in [-0.2, -0.15) is 0 Å². The molecule has 30 heavy (non-hydrogen) atoms. The van der Waals surface area contributed by atoms with Gasteiger partial charge in [0.05, 0.1) is 0 Å². The van der Waals surface area contributed by atoms with Crippen molar-refractivity contribution in [2.24, 2.45) is 4.99 Å². The van der Waals surface area contributed by atoms with Gasteiger partial charge in [0.25, 0.3) is 5.91 Å². The molecule has 0 radical (unpaired) electrons. The minimum atomic E-state index is -0.347. The molecule has 0 aliphatic rings. The predicted molar refractivity (Wildman–Crippen MR) is 133 cm³/mol. The second-order valence-electron chi connectivity index (χ2n) is 7.39. The Morgan fingerprint density at radius 3 is 2.53 bits per heavy atom. The third-order valence-corrected chi connectivity index (χ3v) is 5.02. The normalized spacial score (nSPS) is 11.5. The van der Waals surface area contributed by atoms with Crippen LogP contribution in [0.25, 0.3) is 0 Å². The van der Waals surface area contributed by atoms with Crippen LogP contribution in [0.4, 0.5) is 4.39 Å². The van der Waals surface area contributed by atoms with Gasteiger partial charge in [-0.25, -0.2) is 4.39 Å². The highest BCUT2D eigenvalue weighted by molar-refractivity contribution is 14.0. The van der Waals surface area contributed by atoms with Gasteiger partial charge in [0.15, 0.2) is 5.96 Å². The molecule has 3 N–H and O–H groups in total. The van der Waals surface area contributed by atoms with Gasteiger partial charge in [0.2, 0.25) is 0 Å². The summed E-state index contributed by atoms with van der Waals surface area (Å²) in [5.74, 6) is 0.221. The zero-order valence-corrected chi connectivity index (χ0v) is 20.8. The van der Waals surface area contributed by atoms with E-state index < -0.39 is 0 Å². The van der Waals surface area contributed by atoms with Gasteiger partial charge in [0.1, 0.15) is 5.82 Å². The monoisotopic (exact) mass is 546 g/mol. The molecular weight excluding hydrogens is 518 g/mol. The average molecular weight is 547 g/mol. The minimum absolute atomic E-state index is 0. The summed E-state index contributed by atoms with van der Waals surface area (Å²) in [6.07, 6.45) is 0.749. The van der Waals surface area contributed by atoms with Crippen LogP contribution < -0.4 is 16.0 Å². The summed E-state index contributed by atoms with van der Waals surface area (Å²) < 4.78 is 13.3. The summed E-state index contributed by atoms with van der Waals surface area (Å²) in [5.41, 5.74) is 2.26. The number of benzene rings is 2. The molecular formula is C22H29ClFIN4O. The molecule has 0 unspecified atom stereocenters. The van der Waals surface area contributed by atoms with Crippen LogP contribution in [-0.2, 0) is 11.8 Å². The third kappa shape index (κ3) is 7.43. The van der Waals surface area contributed by atoms with Crippen LogP contribution in [0.15, 0.2) is 47.5 Å². The molecule has 8 heteroatoms. The SMILES string of the molecule is CN=C(NCCc1cccc(C(=O)NC)c1)NCC(C)(C)c1ccc(F)cc1Cl.I. The van der Waals surface area contributed by atoms with Crippen molar-refractivity contribution < 1.29 is 9.18 Å². The van der Waals surface area contributed by atoms with Crippen LogP contribution in [0.5, 0.6) is 0 Å². The van der Waals surface area contributed by atoms with Crippen LogP contribution >= 0.6 is 35.6 Å². The Bertz CT molecular complexity index is 889. The molecule has 0 saturated heterocycles. The summed E-state index contributed by atoms with van der Waals surface area (Å²) in [7, 11) is 3.33. The number of carbonyl (C=O) groups excluding carboxylic acids is 1. The Morgan fingerprint density at radius 1 is 1.17 bits per heavy atom. The second kappa shape index (κ2) is 12.1. The molecule has 1 amide bonds. The lowest BCUT2D eigenvalue weighted by Crippen LogP contribution is -2.44. The van der Waals surface area contributed by atoms with E-state index in [4.69, 9.17) is 11.6 Å². The van der Waals surface area contributed by atoms with E-state index in [1.165, 1.54) is 12.1 Å². The molecule has 0 atom stereocenters. The average Bonchev–Trinajstić information content (AvgIpc) is 2.69. The van der Waals surface area contributed by atoms with Crippen molar-refractivity contribution in [2.45, 2.75) is 25.7 Å². The quantitative estimate of drug-likeness (QED) is 0.278. The summed E-state index contributed by atoms with van der Waals surface area (Å²) in [6.45, 7) is 5.31. The van der Waals surface area contributed by atoms with Crippen LogP contribution in [0.1, 0.15) is 35.3 Å². The number of aliphatic imine (C=N–C) groups is 1. The zero-order chi connectivity index (χ0) is 21.4. The molecule has 164 valence electrons. The highest BCUT2D eigenvalue weighted by Crippen LogP contribution is 2.29. The first-order chi connectivity index (χ1) is 13.8. The molecule has 0 heterocycles. The van der Waals surface area contributed by atoms with Gasteiger partial charge in [-0.1, -0.05) is 43.6 Å². The van der Waals surface area contributed by atoms with E-state index in [0.29, 0.717) is 29.6 Å². The number of guanidine groups is 1. The predicted octanol–water partition coefficient (Wildman–Crippen LogP) is 4.14.